The lowest BCUT2D eigenvalue weighted by molar-refractivity contribution is 0.337. The zero-order chi connectivity index (χ0) is 17.8. The van der Waals surface area contributed by atoms with Crippen molar-refractivity contribution in [3.8, 4) is 0 Å². The molecule has 0 spiro atoms. The fourth-order valence-electron chi connectivity index (χ4n) is 4.87. The second kappa shape index (κ2) is 8.37. The summed E-state index contributed by atoms with van der Waals surface area (Å²) >= 11 is 0. The summed E-state index contributed by atoms with van der Waals surface area (Å²) in [7, 11) is 0. The molecule has 26 heavy (non-hydrogen) atoms. The maximum atomic E-state index is 5.85. The summed E-state index contributed by atoms with van der Waals surface area (Å²) in [5.74, 6) is 0. The van der Waals surface area contributed by atoms with Crippen molar-refractivity contribution in [2.75, 3.05) is 0 Å². The molecule has 138 valence electrons. The van der Waals surface area contributed by atoms with Crippen molar-refractivity contribution >= 4 is 0 Å². The Morgan fingerprint density at radius 1 is 0.692 bits per heavy atom. The number of nitrogens with two attached hydrogens (primary N) is 1. The zero-order valence-electron chi connectivity index (χ0n) is 15.8. The minimum absolute atomic E-state index is 0.302. The molecular weight excluding hydrogens is 316 g/mol. The van der Waals surface area contributed by atoms with Crippen LogP contribution in [0.2, 0.25) is 0 Å². The van der Waals surface area contributed by atoms with E-state index < -0.39 is 0 Å². The van der Waals surface area contributed by atoms with Gasteiger partial charge in [-0.15, -0.1) is 0 Å². The summed E-state index contributed by atoms with van der Waals surface area (Å²) in [6.45, 7) is 0. The Morgan fingerprint density at radius 3 is 2.04 bits per heavy atom. The van der Waals surface area contributed by atoms with Gasteiger partial charge in [0.15, 0.2) is 0 Å². The number of rotatable bonds is 2. The molecule has 2 atom stereocenters. The molecule has 3 N–H and O–H groups in total. The Kier molecular flexibility index (Phi) is 5.72. The van der Waals surface area contributed by atoms with Gasteiger partial charge >= 0.3 is 0 Å². The van der Waals surface area contributed by atoms with E-state index >= 15 is 0 Å². The molecule has 0 bridgehead atoms. The van der Waals surface area contributed by atoms with E-state index in [0.29, 0.717) is 12.1 Å². The van der Waals surface area contributed by atoms with Gasteiger partial charge in [0.25, 0.3) is 0 Å². The van der Waals surface area contributed by atoms with Crippen LogP contribution < -0.4 is 11.1 Å². The lowest BCUT2D eigenvalue weighted by Gasteiger charge is -2.26. The number of hydrogen-bond acceptors (Lipinski definition) is 2. The highest BCUT2D eigenvalue weighted by molar-refractivity contribution is 5.34. The first-order valence-corrected chi connectivity index (χ1v) is 10.5. The van der Waals surface area contributed by atoms with Crippen LogP contribution in [0.1, 0.15) is 79.3 Å². The topological polar surface area (TPSA) is 38.0 Å². The Bertz CT molecular complexity index is 718. The van der Waals surface area contributed by atoms with Crippen molar-refractivity contribution in [2.45, 2.75) is 75.9 Å². The van der Waals surface area contributed by atoms with Gasteiger partial charge in [-0.1, -0.05) is 67.8 Å². The third-order valence-electron chi connectivity index (χ3n) is 6.35. The van der Waals surface area contributed by atoms with Gasteiger partial charge in [0.1, 0.15) is 0 Å². The maximum absolute atomic E-state index is 5.85. The molecule has 3 aliphatic carbocycles. The van der Waals surface area contributed by atoms with Crippen LogP contribution in [0.3, 0.4) is 0 Å². The van der Waals surface area contributed by atoms with Gasteiger partial charge in [-0.3, -0.25) is 0 Å². The number of aryl methyl sites for hydroxylation is 2. The summed E-state index contributed by atoms with van der Waals surface area (Å²) < 4.78 is 0. The lowest BCUT2D eigenvalue weighted by Crippen LogP contribution is -2.33. The molecule has 0 aliphatic heterocycles. The first-order chi connectivity index (χ1) is 12.8. The first kappa shape index (κ1) is 17.8. The van der Waals surface area contributed by atoms with Crippen molar-refractivity contribution in [3.05, 3.63) is 70.8 Å². The number of fused-ring (bicyclic) bond motifs is 2. The van der Waals surface area contributed by atoms with E-state index in [9.17, 15) is 0 Å². The van der Waals surface area contributed by atoms with E-state index in [1.54, 1.807) is 11.1 Å². The van der Waals surface area contributed by atoms with Gasteiger partial charge in [-0.2, -0.15) is 0 Å². The quantitative estimate of drug-likeness (QED) is 0.780. The SMILES string of the molecule is NC1CCc2ccccc21.c1ccc2c(c1)CCC2NC1CCCCC1. The predicted molar refractivity (Wildman–Crippen MR) is 109 cm³/mol. The van der Waals surface area contributed by atoms with Gasteiger partial charge < -0.3 is 11.1 Å². The van der Waals surface area contributed by atoms with Crippen molar-refractivity contribution in [1.82, 2.24) is 5.32 Å². The second-order valence-electron chi connectivity index (χ2n) is 8.14. The fraction of sp³-hybridized carbons (Fsp3) is 0.500. The molecule has 2 aromatic carbocycles. The minimum atomic E-state index is 0.302. The third kappa shape index (κ3) is 4.02. The van der Waals surface area contributed by atoms with Crippen LogP contribution in [0.15, 0.2) is 48.5 Å². The average Bonchev–Trinajstić information content (AvgIpc) is 3.28. The fourth-order valence-corrected chi connectivity index (χ4v) is 4.87. The molecule has 2 unspecified atom stereocenters. The molecule has 0 heterocycles. The van der Waals surface area contributed by atoms with Crippen LogP contribution in [-0.4, -0.2) is 6.04 Å². The molecule has 0 amide bonds. The molecular formula is C24H32N2. The van der Waals surface area contributed by atoms with E-state index in [-0.39, 0.29) is 0 Å². The van der Waals surface area contributed by atoms with E-state index in [1.165, 1.54) is 56.1 Å². The summed E-state index contributed by atoms with van der Waals surface area (Å²) in [6, 6.07) is 19.1. The van der Waals surface area contributed by atoms with Crippen LogP contribution in [-0.2, 0) is 12.8 Å². The molecule has 0 aromatic heterocycles. The largest absolute Gasteiger partial charge is 0.324 e. The van der Waals surface area contributed by atoms with E-state index in [2.05, 4.69) is 53.8 Å². The molecule has 1 fully saturated rings. The molecule has 2 heteroatoms. The Hall–Kier alpha value is -1.64. The number of nitrogens with one attached hydrogen (secondary N) is 1. The smallest absolute Gasteiger partial charge is 0.0328 e. The van der Waals surface area contributed by atoms with Gasteiger partial charge in [-0.05, 0) is 60.8 Å². The van der Waals surface area contributed by atoms with Gasteiger partial charge in [0, 0.05) is 18.1 Å². The van der Waals surface area contributed by atoms with Crippen LogP contribution >= 0.6 is 0 Å². The van der Waals surface area contributed by atoms with Gasteiger partial charge in [0.05, 0.1) is 0 Å². The van der Waals surface area contributed by atoms with Crippen LogP contribution in [0.4, 0.5) is 0 Å². The van der Waals surface area contributed by atoms with Crippen LogP contribution in [0.5, 0.6) is 0 Å². The first-order valence-electron chi connectivity index (χ1n) is 10.5. The Labute approximate surface area is 158 Å². The van der Waals surface area contributed by atoms with Crippen molar-refractivity contribution in [2.24, 2.45) is 5.73 Å². The number of hydrogen-bond donors (Lipinski definition) is 2. The summed E-state index contributed by atoms with van der Waals surface area (Å²) in [5, 5.41) is 3.87. The highest BCUT2D eigenvalue weighted by Gasteiger charge is 2.24. The molecule has 2 nitrogen and oxygen atoms in total. The van der Waals surface area contributed by atoms with Gasteiger partial charge in [0.2, 0.25) is 0 Å². The molecule has 3 aliphatic rings. The minimum Gasteiger partial charge on any atom is -0.324 e. The van der Waals surface area contributed by atoms with Crippen molar-refractivity contribution in [1.29, 1.82) is 0 Å². The monoisotopic (exact) mass is 348 g/mol. The summed E-state index contributed by atoms with van der Waals surface area (Å²) in [5.41, 5.74) is 11.8. The lowest BCUT2D eigenvalue weighted by atomic mass is 9.94. The molecule has 0 saturated heterocycles. The molecule has 2 aromatic rings. The van der Waals surface area contributed by atoms with Crippen LogP contribution in [0, 0.1) is 0 Å². The van der Waals surface area contributed by atoms with Crippen LogP contribution in [0.25, 0.3) is 0 Å². The Balaban J connectivity index is 0.000000144. The van der Waals surface area contributed by atoms with Crippen molar-refractivity contribution < 1.29 is 0 Å². The molecule has 0 radical (unpaired) electrons. The van der Waals surface area contributed by atoms with E-state index in [4.69, 9.17) is 5.73 Å². The highest BCUT2D eigenvalue weighted by atomic mass is 15.0. The number of benzene rings is 2. The third-order valence-corrected chi connectivity index (χ3v) is 6.35. The van der Waals surface area contributed by atoms with E-state index in [1.807, 2.05) is 0 Å². The van der Waals surface area contributed by atoms with Crippen molar-refractivity contribution in [3.63, 3.8) is 0 Å². The average molecular weight is 349 g/mol. The highest BCUT2D eigenvalue weighted by Crippen LogP contribution is 2.32. The molecule has 5 rings (SSSR count). The Morgan fingerprint density at radius 2 is 1.31 bits per heavy atom. The summed E-state index contributed by atoms with van der Waals surface area (Å²) in [4.78, 5) is 0. The standard InChI is InChI=1S/C15H21N.C9H11N/c1-2-7-13(8-3-1)16-15-11-10-12-6-4-5-9-14(12)15;10-9-6-5-7-3-1-2-4-8(7)9/h4-6,9,13,15-16H,1-3,7-8,10-11H2;1-4,9H,5-6,10H2. The van der Waals surface area contributed by atoms with E-state index in [0.717, 1.165) is 18.9 Å². The molecule has 1 saturated carbocycles. The second-order valence-corrected chi connectivity index (χ2v) is 8.14. The maximum Gasteiger partial charge on any atom is 0.0328 e. The zero-order valence-corrected chi connectivity index (χ0v) is 15.8. The summed E-state index contributed by atoms with van der Waals surface area (Å²) in [6.07, 6.45) is 11.9. The van der Waals surface area contributed by atoms with Gasteiger partial charge in [-0.25, -0.2) is 0 Å². The predicted octanol–water partition coefficient (Wildman–Crippen LogP) is 5.23. The normalized spacial score (nSPS) is 24.5.